The van der Waals surface area contributed by atoms with Crippen molar-refractivity contribution in [1.29, 1.82) is 0 Å². The number of allylic oxidation sites excluding steroid dienone is 1. The smallest absolute Gasteiger partial charge is 0.329 e. The van der Waals surface area contributed by atoms with E-state index in [9.17, 15) is 14.4 Å². The number of hydrogen-bond donors (Lipinski definition) is 2. The molecular weight excluding hydrogens is 424 g/mol. The van der Waals surface area contributed by atoms with Crippen LogP contribution in [0.3, 0.4) is 0 Å². The first-order valence-corrected chi connectivity index (χ1v) is 11.2. The highest BCUT2D eigenvalue weighted by Gasteiger charge is 2.22. The fraction of sp³-hybridized carbons (Fsp3) is 0.300. The van der Waals surface area contributed by atoms with Gasteiger partial charge in [0.25, 0.3) is 5.56 Å². The van der Waals surface area contributed by atoms with Crippen molar-refractivity contribution >= 4 is 41.2 Å². The Morgan fingerprint density at radius 3 is 2.77 bits per heavy atom. The topological polar surface area (TPSA) is 116 Å². The van der Waals surface area contributed by atoms with Crippen molar-refractivity contribution < 1.29 is 14.3 Å². The average Bonchev–Trinajstić information content (AvgIpc) is 2.73. The third-order valence-electron chi connectivity index (χ3n) is 3.88. The van der Waals surface area contributed by atoms with Gasteiger partial charge in [-0.3, -0.25) is 9.59 Å². The van der Waals surface area contributed by atoms with Crippen molar-refractivity contribution in [2.75, 3.05) is 24.3 Å². The van der Waals surface area contributed by atoms with E-state index in [1.807, 2.05) is 30.3 Å². The van der Waals surface area contributed by atoms with Crippen LogP contribution in [0.4, 0.5) is 5.82 Å². The second-order valence-corrected chi connectivity index (χ2v) is 8.11. The Morgan fingerprint density at radius 1 is 1.37 bits per heavy atom. The predicted octanol–water partition coefficient (Wildman–Crippen LogP) is 1.69. The molecular formula is C20H24N4O4S2. The Labute approximate surface area is 183 Å². The van der Waals surface area contributed by atoms with Crippen molar-refractivity contribution in [3.05, 3.63) is 65.0 Å². The lowest BCUT2D eigenvalue weighted by Gasteiger charge is -2.17. The van der Waals surface area contributed by atoms with E-state index >= 15 is 0 Å². The zero-order valence-electron chi connectivity index (χ0n) is 16.6. The number of benzene rings is 1. The molecule has 30 heavy (non-hydrogen) atoms. The molecule has 160 valence electrons. The van der Waals surface area contributed by atoms with E-state index in [0.717, 1.165) is 17.3 Å². The number of hydrogen-bond acceptors (Lipinski definition) is 8. The lowest BCUT2D eigenvalue weighted by atomic mass is 10.2. The number of nitrogens with one attached hydrogen (secondary N) is 1. The summed E-state index contributed by atoms with van der Waals surface area (Å²) in [5, 5.41) is 2.99. The Bertz CT molecular complexity index is 934. The second kappa shape index (κ2) is 12.1. The molecule has 0 bridgehead atoms. The van der Waals surface area contributed by atoms with Crippen LogP contribution in [0.25, 0.3) is 0 Å². The summed E-state index contributed by atoms with van der Waals surface area (Å²) in [5.74, 6) is 0.388. The van der Waals surface area contributed by atoms with E-state index < -0.39 is 17.6 Å². The number of thioether (sulfide) groups is 2. The van der Waals surface area contributed by atoms with Gasteiger partial charge in [-0.05, 0) is 5.56 Å². The number of anilines is 1. The Balaban J connectivity index is 1.95. The van der Waals surface area contributed by atoms with E-state index in [4.69, 9.17) is 10.5 Å². The number of aromatic nitrogens is 2. The molecule has 0 radical (unpaired) electrons. The molecule has 0 aliphatic rings. The minimum absolute atomic E-state index is 0.0378. The minimum atomic E-state index is -0.777. The number of carbonyl (C=O) groups is 2. The van der Waals surface area contributed by atoms with Crippen molar-refractivity contribution in [2.24, 2.45) is 0 Å². The molecule has 0 saturated heterocycles. The first-order valence-electron chi connectivity index (χ1n) is 9.04. The van der Waals surface area contributed by atoms with Crippen molar-refractivity contribution in [2.45, 2.75) is 23.5 Å². The van der Waals surface area contributed by atoms with E-state index in [2.05, 4.69) is 16.9 Å². The first-order chi connectivity index (χ1) is 14.4. The SMILES string of the molecule is C=CCn1c(N)cc(=O)nc1SCC(=O)N[C@H](CSCc1ccccc1)C(=O)OC. The fourth-order valence-corrected chi connectivity index (χ4v) is 4.31. The molecule has 0 unspecified atom stereocenters. The maximum atomic E-state index is 12.4. The highest BCUT2D eigenvalue weighted by Crippen LogP contribution is 2.18. The molecule has 1 amide bonds. The summed E-state index contributed by atoms with van der Waals surface area (Å²) in [7, 11) is 1.28. The van der Waals surface area contributed by atoms with Crippen LogP contribution < -0.4 is 16.6 Å². The number of nitrogens with two attached hydrogens (primary N) is 1. The number of rotatable bonds is 11. The van der Waals surface area contributed by atoms with Crippen LogP contribution in [0.5, 0.6) is 0 Å². The highest BCUT2D eigenvalue weighted by atomic mass is 32.2. The molecule has 0 aliphatic carbocycles. The number of amides is 1. The summed E-state index contributed by atoms with van der Waals surface area (Å²) in [5.41, 5.74) is 6.49. The number of nitrogen functional groups attached to an aromatic ring is 1. The van der Waals surface area contributed by atoms with Crippen LogP contribution in [-0.4, -0.2) is 46.1 Å². The van der Waals surface area contributed by atoms with Gasteiger partial charge in [-0.1, -0.05) is 48.2 Å². The van der Waals surface area contributed by atoms with Gasteiger partial charge in [0, 0.05) is 24.1 Å². The predicted molar refractivity (Wildman–Crippen MR) is 120 cm³/mol. The highest BCUT2D eigenvalue weighted by molar-refractivity contribution is 7.99. The summed E-state index contributed by atoms with van der Waals surface area (Å²) in [6, 6.07) is 10.3. The molecule has 3 N–H and O–H groups in total. The molecule has 10 heteroatoms. The zero-order valence-corrected chi connectivity index (χ0v) is 18.2. The summed E-state index contributed by atoms with van der Waals surface area (Å²) < 4.78 is 6.39. The van der Waals surface area contributed by atoms with Crippen molar-refractivity contribution in [3.63, 3.8) is 0 Å². The largest absolute Gasteiger partial charge is 0.467 e. The lowest BCUT2D eigenvalue weighted by molar-refractivity contribution is -0.144. The Hall–Kier alpha value is -2.72. The van der Waals surface area contributed by atoms with E-state index in [0.29, 0.717) is 23.2 Å². The normalized spacial score (nSPS) is 11.5. The molecule has 8 nitrogen and oxygen atoms in total. The van der Waals surface area contributed by atoms with Gasteiger partial charge < -0.3 is 20.4 Å². The molecule has 0 spiro atoms. The summed E-state index contributed by atoms with van der Waals surface area (Å²) in [4.78, 5) is 40.0. The first kappa shape index (κ1) is 23.6. The van der Waals surface area contributed by atoms with Gasteiger partial charge in [0.15, 0.2) is 5.16 Å². The quantitative estimate of drug-likeness (QED) is 0.231. The maximum absolute atomic E-state index is 12.4. The molecule has 2 aromatic rings. The maximum Gasteiger partial charge on any atom is 0.329 e. The number of nitrogens with zero attached hydrogens (tertiary/aromatic N) is 2. The molecule has 0 aliphatic heterocycles. The van der Waals surface area contributed by atoms with Gasteiger partial charge >= 0.3 is 5.97 Å². The third kappa shape index (κ3) is 7.27. The van der Waals surface area contributed by atoms with E-state index in [1.165, 1.54) is 24.9 Å². The summed E-state index contributed by atoms with van der Waals surface area (Å²) >= 11 is 2.58. The van der Waals surface area contributed by atoms with Crippen LogP contribution in [0.15, 0.2) is 59.0 Å². The van der Waals surface area contributed by atoms with E-state index in [-0.39, 0.29) is 17.5 Å². The third-order valence-corrected chi connectivity index (χ3v) is 5.96. The van der Waals surface area contributed by atoms with E-state index in [1.54, 1.807) is 10.6 Å². The van der Waals surface area contributed by atoms with Crippen LogP contribution in [0.2, 0.25) is 0 Å². The number of methoxy groups -OCH3 is 1. The molecule has 0 saturated carbocycles. The number of ether oxygens (including phenoxy) is 1. The molecule has 2 rings (SSSR count). The van der Waals surface area contributed by atoms with Gasteiger partial charge in [0.05, 0.1) is 12.9 Å². The molecule has 1 aromatic carbocycles. The number of carbonyl (C=O) groups excluding carboxylic acids is 2. The summed E-state index contributed by atoms with van der Waals surface area (Å²) in [6.45, 7) is 4.00. The molecule has 1 heterocycles. The average molecular weight is 449 g/mol. The fourth-order valence-electron chi connectivity index (χ4n) is 2.47. The zero-order chi connectivity index (χ0) is 21.9. The minimum Gasteiger partial charge on any atom is -0.467 e. The van der Waals surface area contributed by atoms with Crippen molar-refractivity contribution in [1.82, 2.24) is 14.9 Å². The molecule has 1 aromatic heterocycles. The summed E-state index contributed by atoms with van der Waals surface area (Å²) in [6.07, 6.45) is 1.61. The standard InChI is InChI=1S/C20H24N4O4S2/c1-3-9-24-16(21)10-17(25)23-20(24)30-13-18(26)22-15(19(27)28-2)12-29-11-14-7-5-4-6-8-14/h3-8,10,15H,1,9,11-13,21H2,2H3,(H,22,26)/t15-/m1/s1. The van der Waals surface area contributed by atoms with Crippen molar-refractivity contribution in [3.8, 4) is 0 Å². The Morgan fingerprint density at radius 2 is 2.10 bits per heavy atom. The number of esters is 1. The van der Waals surface area contributed by atoms with Crippen LogP contribution in [-0.2, 0) is 26.6 Å². The van der Waals surface area contributed by atoms with Crippen LogP contribution in [0.1, 0.15) is 5.56 Å². The molecule has 0 fully saturated rings. The van der Waals surface area contributed by atoms with Gasteiger partial charge in [0.2, 0.25) is 5.91 Å². The Kier molecular flexibility index (Phi) is 9.49. The molecule has 1 atom stereocenters. The van der Waals surface area contributed by atoms with Gasteiger partial charge in [0.1, 0.15) is 11.9 Å². The lowest BCUT2D eigenvalue weighted by Crippen LogP contribution is -2.44. The van der Waals surface area contributed by atoms with Gasteiger partial charge in [-0.25, -0.2) is 4.79 Å². The second-order valence-electron chi connectivity index (χ2n) is 6.13. The monoisotopic (exact) mass is 448 g/mol. The van der Waals surface area contributed by atoms with Gasteiger partial charge in [-0.2, -0.15) is 16.7 Å². The van der Waals surface area contributed by atoms with Crippen LogP contribution in [0, 0.1) is 0 Å². The van der Waals surface area contributed by atoms with Crippen LogP contribution >= 0.6 is 23.5 Å². The van der Waals surface area contributed by atoms with Gasteiger partial charge in [-0.15, -0.1) is 6.58 Å².